The molecule has 0 spiro atoms. The van der Waals surface area contributed by atoms with Gasteiger partial charge in [-0.1, -0.05) is 59.3 Å². The first kappa shape index (κ1) is 14.1. The maximum Gasteiger partial charge on any atom is 0.171 e. The molecule has 3 rings (SSSR count). The van der Waals surface area contributed by atoms with Gasteiger partial charge in [0.05, 0.1) is 18.2 Å². The molecule has 3 heteroatoms. The summed E-state index contributed by atoms with van der Waals surface area (Å²) in [6.45, 7) is 3.94. The van der Waals surface area contributed by atoms with E-state index in [1.807, 2.05) is 19.1 Å². The third-order valence-corrected chi connectivity index (χ3v) is 3.77. The number of hydrogen-bond donors (Lipinski definition) is 0. The number of aryl methyl sites for hydroxylation is 2. The van der Waals surface area contributed by atoms with E-state index in [0.29, 0.717) is 12.2 Å². The van der Waals surface area contributed by atoms with E-state index in [1.54, 1.807) is 0 Å². The topological polar surface area (TPSA) is 49.8 Å². The summed E-state index contributed by atoms with van der Waals surface area (Å²) >= 11 is 0. The summed E-state index contributed by atoms with van der Waals surface area (Å²) < 4.78 is 5.39. The van der Waals surface area contributed by atoms with Crippen molar-refractivity contribution < 1.29 is 4.52 Å². The molecule has 0 aliphatic rings. The normalized spacial score (nSPS) is 10.4. The maximum absolute atomic E-state index is 8.93. The summed E-state index contributed by atoms with van der Waals surface area (Å²) in [5, 5.41) is 12.9. The molecule has 0 saturated heterocycles. The quantitative estimate of drug-likeness (QED) is 0.702. The molecule has 0 aliphatic carbocycles. The zero-order valence-corrected chi connectivity index (χ0v) is 12.6. The summed E-state index contributed by atoms with van der Waals surface area (Å²) in [6.07, 6.45) is 0.310. The highest BCUT2D eigenvalue weighted by molar-refractivity contribution is 5.70. The van der Waals surface area contributed by atoms with Crippen molar-refractivity contribution in [3.63, 3.8) is 0 Å². The molecule has 0 aliphatic heterocycles. The van der Waals surface area contributed by atoms with Crippen LogP contribution in [0.1, 0.15) is 16.8 Å². The average Bonchev–Trinajstić information content (AvgIpc) is 2.90. The van der Waals surface area contributed by atoms with Crippen LogP contribution >= 0.6 is 0 Å². The fraction of sp³-hybridized carbons (Fsp3) is 0.158. The molecule has 0 amide bonds. The van der Waals surface area contributed by atoms with Gasteiger partial charge in [0.1, 0.15) is 0 Å². The molecule has 0 radical (unpaired) electrons. The fourth-order valence-corrected chi connectivity index (χ4v) is 2.46. The van der Waals surface area contributed by atoms with Crippen LogP contribution in [0.2, 0.25) is 0 Å². The number of aromatic nitrogens is 1. The molecule has 3 nitrogen and oxygen atoms in total. The SMILES string of the molecule is Cc1ccc(-c2ccc(-c3onc(C)c3CC#N)cc2)cc1. The van der Waals surface area contributed by atoms with Gasteiger partial charge in [0.2, 0.25) is 0 Å². The first-order valence-corrected chi connectivity index (χ1v) is 7.18. The molecule has 0 N–H and O–H groups in total. The molecule has 1 aromatic heterocycles. The summed E-state index contributed by atoms with van der Waals surface area (Å²) in [7, 11) is 0. The summed E-state index contributed by atoms with van der Waals surface area (Å²) in [5.41, 5.74) is 6.18. The van der Waals surface area contributed by atoms with Crippen molar-refractivity contribution in [3.05, 3.63) is 65.4 Å². The minimum absolute atomic E-state index is 0.310. The largest absolute Gasteiger partial charge is 0.356 e. The molecule has 0 atom stereocenters. The predicted octanol–water partition coefficient (Wildman–Crippen LogP) is 4.69. The average molecular weight is 288 g/mol. The summed E-state index contributed by atoms with van der Waals surface area (Å²) in [5.74, 6) is 0.689. The molecule has 0 saturated carbocycles. The van der Waals surface area contributed by atoms with E-state index in [0.717, 1.165) is 22.4 Å². The van der Waals surface area contributed by atoms with Gasteiger partial charge in [0, 0.05) is 11.1 Å². The van der Waals surface area contributed by atoms with Crippen LogP contribution in [-0.4, -0.2) is 5.16 Å². The summed E-state index contributed by atoms with van der Waals surface area (Å²) in [4.78, 5) is 0. The van der Waals surface area contributed by atoms with Gasteiger partial charge in [-0.05, 0) is 25.0 Å². The number of benzene rings is 2. The number of hydrogen-bond acceptors (Lipinski definition) is 3. The van der Waals surface area contributed by atoms with Gasteiger partial charge in [-0.3, -0.25) is 0 Å². The Hall–Kier alpha value is -2.86. The third-order valence-electron chi connectivity index (χ3n) is 3.77. The van der Waals surface area contributed by atoms with Crippen LogP contribution in [0.15, 0.2) is 53.1 Å². The minimum Gasteiger partial charge on any atom is -0.356 e. The van der Waals surface area contributed by atoms with Crippen LogP contribution in [0.25, 0.3) is 22.5 Å². The molecule has 108 valence electrons. The molecule has 1 heterocycles. The standard InChI is InChI=1S/C19H16N2O/c1-13-3-5-15(6-4-13)16-7-9-17(10-8-16)19-18(11-12-20)14(2)21-22-19/h3-10H,11H2,1-2H3. The molecule has 0 unspecified atom stereocenters. The van der Waals surface area contributed by atoms with E-state index in [9.17, 15) is 0 Å². The molecule has 0 bridgehead atoms. The van der Waals surface area contributed by atoms with Gasteiger partial charge in [-0.2, -0.15) is 5.26 Å². The van der Waals surface area contributed by atoms with Gasteiger partial charge in [0.25, 0.3) is 0 Å². The van der Waals surface area contributed by atoms with Crippen LogP contribution in [0.4, 0.5) is 0 Å². The second-order valence-corrected chi connectivity index (χ2v) is 5.35. The van der Waals surface area contributed by atoms with Crippen LogP contribution in [-0.2, 0) is 6.42 Å². The first-order valence-electron chi connectivity index (χ1n) is 7.18. The van der Waals surface area contributed by atoms with E-state index in [1.165, 1.54) is 11.1 Å². The highest BCUT2D eigenvalue weighted by Crippen LogP contribution is 2.29. The van der Waals surface area contributed by atoms with Crippen molar-refractivity contribution in [2.45, 2.75) is 20.3 Å². The van der Waals surface area contributed by atoms with Crippen molar-refractivity contribution in [1.82, 2.24) is 5.16 Å². The Kier molecular flexibility index (Phi) is 3.76. The lowest BCUT2D eigenvalue weighted by Gasteiger charge is -2.04. The Balaban J connectivity index is 1.95. The lowest BCUT2D eigenvalue weighted by Crippen LogP contribution is -1.87. The van der Waals surface area contributed by atoms with Crippen LogP contribution < -0.4 is 0 Å². The fourth-order valence-electron chi connectivity index (χ4n) is 2.46. The zero-order chi connectivity index (χ0) is 15.5. The molecule has 3 aromatic rings. The Labute approximate surface area is 129 Å². The Morgan fingerprint density at radius 1 is 0.909 bits per heavy atom. The van der Waals surface area contributed by atoms with Gasteiger partial charge < -0.3 is 4.52 Å². The van der Waals surface area contributed by atoms with E-state index in [4.69, 9.17) is 9.78 Å². The van der Waals surface area contributed by atoms with Crippen LogP contribution in [0.3, 0.4) is 0 Å². The zero-order valence-electron chi connectivity index (χ0n) is 12.6. The smallest absolute Gasteiger partial charge is 0.171 e. The molecular weight excluding hydrogens is 272 g/mol. The predicted molar refractivity (Wildman–Crippen MR) is 86.2 cm³/mol. The van der Waals surface area contributed by atoms with Gasteiger partial charge in [0.15, 0.2) is 5.76 Å². The van der Waals surface area contributed by atoms with E-state index >= 15 is 0 Å². The van der Waals surface area contributed by atoms with Crippen molar-refractivity contribution in [1.29, 1.82) is 5.26 Å². The molecule has 22 heavy (non-hydrogen) atoms. The molecule has 0 fully saturated rings. The minimum atomic E-state index is 0.310. The highest BCUT2D eigenvalue weighted by Gasteiger charge is 2.14. The lowest BCUT2D eigenvalue weighted by atomic mass is 10.00. The number of nitriles is 1. The van der Waals surface area contributed by atoms with E-state index in [-0.39, 0.29) is 0 Å². The monoisotopic (exact) mass is 288 g/mol. The van der Waals surface area contributed by atoms with Crippen molar-refractivity contribution >= 4 is 0 Å². The van der Waals surface area contributed by atoms with E-state index < -0.39 is 0 Å². The maximum atomic E-state index is 8.93. The van der Waals surface area contributed by atoms with Gasteiger partial charge >= 0.3 is 0 Å². The highest BCUT2D eigenvalue weighted by atomic mass is 16.5. The first-order chi connectivity index (χ1) is 10.7. The van der Waals surface area contributed by atoms with Gasteiger partial charge in [-0.25, -0.2) is 0 Å². The Morgan fingerprint density at radius 2 is 1.45 bits per heavy atom. The van der Waals surface area contributed by atoms with E-state index in [2.05, 4.69) is 54.5 Å². The summed E-state index contributed by atoms with van der Waals surface area (Å²) in [6, 6.07) is 18.8. The number of rotatable bonds is 3. The van der Waals surface area contributed by atoms with Crippen molar-refractivity contribution in [3.8, 4) is 28.5 Å². The third kappa shape index (κ3) is 2.64. The lowest BCUT2D eigenvalue weighted by molar-refractivity contribution is 0.427. The van der Waals surface area contributed by atoms with Crippen molar-refractivity contribution in [2.24, 2.45) is 0 Å². The molecular formula is C19H16N2O. The van der Waals surface area contributed by atoms with Gasteiger partial charge in [-0.15, -0.1) is 0 Å². The second kappa shape index (κ2) is 5.87. The Bertz CT molecular complexity index is 821. The second-order valence-electron chi connectivity index (χ2n) is 5.35. The van der Waals surface area contributed by atoms with Crippen molar-refractivity contribution in [2.75, 3.05) is 0 Å². The molecule has 2 aromatic carbocycles. The van der Waals surface area contributed by atoms with Crippen LogP contribution in [0.5, 0.6) is 0 Å². The Morgan fingerprint density at radius 3 is 2.05 bits per heavy atom. The number of nitrogens with zero attached hydrogens (tertiary/aromatic N) is 2. The van der Waals surface area contributed by atoms with Crippen LogP contribution in [0, 0.1) is 25.2 Å².